The summed E-state index contributed by atoms with van der Waals surface area (Å²) >= 11 is 0. The van der Waals surface area contributed by atoms with E-state index in [1.54, 1.807) is 6.92 Å². The fraction of sp³-hybridized carbons (Fsp3) is 0.818. The van der Waals surface area contributed by atoms with Gasteiger partial charge in [-0.3, -0.25) is 9.59 Å². The van der Waals surface area contributed by atoms with Crippen LogP contribution in [0.3, 0.4) is 0 Å². The third-order valence-corrected chi connectivity index (χ3v) is 3.79. The minimum atomic E-state index is 0.0800. The Hall–Kier alpha value is -0.860. The minimum absolute atomic E-state index is 0.0800. The van der Waals surface area contributed by atoms with Gasteiger partial charge in [0.25, 0.3) is 0 Å². The Morgan fingerprint density at radius 1 is 1.50 bits per heavy atom. The summed E-state index contributed by atoms with van der Waals surface area (Å²) in [6.45, 7) is 3.78. The van der Waals surface area contributed by atoms with E-state index in [2.05, 4.69) is 12.2 Å². The van der Waals surface area contributed by atoms with E-state index >= 15 is 0 Å². The van der Waals surface area contributed by atoms with E-state index in [1.807, 2.05) is 0 Å². The lowest BCUT2D eigenvalue weighted by Crippen LogP contribution is -2.59. The Morgan fingerprint density at radius 3 is 2.71 bits per heavy atom. The molecule has 2 bridgehead atoms. The molecule has 78 valence electrons. The third kappa shape index (κ3) is 1.35. The van der Waals surface area contributed by atoms with Crippen LogP contribution in [0.2, 0.25) is 0 Å². The molecule has 3 fully saturated rings. The number of carbonyl (C=O) groups excluding carboxylic acids is 2. The molecule has 2 aliphatic heterocycles. The van der Waals surface area contributed by atoms with Crippen LogP contribution in [0, 0.1) is 17.8 Å². The molecule has 0 aromatic carbocycles. The van der Waals surface area contributed by atoms with Crippen LogP contribution < -0.4 is 5.32 Å². The molecule has 0 radical (unpaired) electrons. The molecule has 1 saturated carbocycles. The summed E-state index contributed by atoms with van der Waals surface area (Å²) in [7, 11) is 0. The van der Waals surface area contributed by atoms with Gasteiger partial charge in [-0.1, -0.05) is 13.3 Å². The van der Waals surface area contributed by atoms with Gasteiger partial charge in [0, 0.05) is 17.9 Å². The Kier molecular flexibility index (Phi) is 2.33. The van der Waals surface area contributed by atoms with Crippen molar-refractivity contribution in [1.29, 1.82) is 0 Å². The maximum Gasteiger partial charge on any atom is 0.223 e. The zero-order valence-corrected chi connectivity index (χ0v) is 8.75. The molecule has 1 aliphatic carbocycles. The van der Waals surface area contributed by atoms with E-state index in [4.69, 9.17) is 0 Å². The lowest BCUT2D eigenvalue weighted by molar-refractivity contribution is -0.139. The van der Waals surface area contributed by atoms with Gasteiger partial charge in [-0.15, -0.1) is 0 Å². The monoisotopic (exact) mass is 195 g/mol. The maximum atomic E-state index is 11.5. The number of amides is 1. The van der Waals surface area contributed by atoms with Crippen LogP contribution in [0.15, 0.2) is 0 Å². The molecule has 14 heavy (non-hydrogen) atoms. The Bertz CT molecular complexity index is 274. The number of Topliss-reactive ketones (excluding diaryl/α,β-unsaturated/α-hetero) is 1. The number of nitrogens with one attached hydrogen (secondary N) is 1. The fourth-order valence-corrected chi connectivity index (χ4v) is 2.94. The lowest BCUT2D eigenvalue weighted by atomic mass is 9.66. The van der Waals surface area contributed by atoms with Crippen molar-refractivity contribution in [3.05, 3.63) is 0 Å². The molecule has 3 rings (SSSR count). The zero-order valence-electron chi connectivity index (χ0n) is 8.75. The van der Waals surface area contributed by atoms with Gasteiger partial charge in [-0.25, -0.2) is 0 Å². The highest BCUT2D eigenvalue weighted by Crippen LogP contribution is 2.40. The van der Waals surface area contributed by atoms with Gasteiger partial charge in [-0.05, 0) is 25.7 Å². The summed E-state index contributed by atoms with van der Waals surface area (Å²) in [5, 5.41) is 2.99. The van der Waals surface area contributed by atoms with E-state index in [0.29, 0.717) is 5.92 Å². The van der Waals surface area contributed by atoms with Crippen molar-refractivity contribution in [1.82, 2.24) is 5.32 Å². The van der Waals surface area contributed by atoms with Gasteiger partial charge in [0.05, 0.1) is 0 Å². The van der Waals surface area contributed by atoms with Crippen LogP contribution in [0.5, 0.6) is 0 Å². The first kappa shape index (κ1) is 9.69. The van der Waals surface area contributed by atoms with Gasteiger partial charge in [0.1, 0.15) is 5.78 Å². The van der Waals surface area contributed by atoms with Crippen molar-refractivity contribution in [3.8, 4) is 0 Å². The summed E-state index contributed by atoms with van der Waals surface area (Å²) in [6.07, 6.45) is 2.82. The smallest absolute Gasteiger partial charge is 0.223 e. The summed E-state index contributed by atoms with van der Waals surface area (Å²) in [5.41, 5.74) is 0. The number of carbonyl (C=O) groups is 2. The summed E-state index contributed by atoms with van der Waals surface area (Å²) < 4.78 is 0. The second kappa shape index (κ2) is 3.37. The van der Waals surface area contributed by atoms with Gasteiger partial charge in [0.15, 0.2) is 0 Å². The van der Waals surface area contributed by atoms with Crippen molar-refractivity contribution < 1.29 is 9.59 Å². The Balaban J connectivity index is 2.20. The summed E-state index contributed by atoms with van der Waals surface area (Å²) in [4.78, 5) is 22.9. The van der Waals surface area contributed by atoms with E-state index in [1.165, 1.54) is 0 Å². The highest BCUT2D eigenvalue weighted by atomic mass is 16.2. The molecule has 3 heteroatoms. The molecule has 1 N–H and O–H groups in total. The average Bonchev–Trinajstić information content (AvgIpc) is 2.17. The van der Waals surface area contributed by atoms with Crippen LogP contribution in [-0.2, 0) is 9.59 Å². The van der Waals surface area contributed by atoms with Crippen LogP contribution in [0.1, 0.15) is 33.1 Å². The van der Waals surface area contributed by atoms with Crippen LogP contribution in [-0.4, -0.2) is 17.7 Å². The van der Waals surface area contributed by atoms with Crippen molar-refractivity contribution >= 4 is 11.7 Å². The molecule has 0 spiro atoms. The highest BCUT2D eigenvalue weighted by Gasteiger charge is 2.47. The number of rotatable bonds is 2. The molecule has 3 nitrogen and oxygen atoms in total. The highest BCUT2D eigenvalue weighted by molar-refractivity contribution is 5.86. The number of fused-ring (bicyclic) bond motifs is 3. The molecular formula is C11H17NO2. The normalized spacial score (nSPS) is 40.9. The fourth-order valence-electron chi connectivity index (χ4n) is 2.94. The second-order valence-corrected chi connectivity index (χ2v) is 4.59. The molecule has 4 unspecified atom stereocenters. The SMILES string of the molecule is CCC1CC2CC(C(C)=O)C1NC2=O. The number of ketones is 1. The number of hydrogen-bond donors (Lipinski definition) is 1. The quantitative estimate of drug-likeness (QED) is 0.718. The van der Waals surface area contributed by atoms with Gasteiger partial charge in [0.2, 0.25) is 5.91 Å². The van der Waals surface area contributed by atoms with E-state index in [-0.39, 0.29) is 29.6 Å². The van der Waals surface area contributed by atoms with E-state index < -0.39 is 0 Å². The predicted molar refractivity (Wildman–Crippen MR) is 52.6 cm³/mol. The van der Waals surface area contributed by atoms with Crippen molar-refractivity contribution in [2.24, 2.45) is 17.8 Å². The Labute approximate surface area is 84.2 Å². The molecule has 2 heterocycles. The lowest BCUT2D eigenvalue weighted by Gasteiger charge is -2.46. The zero-order chi connectivity index (χ0) is 10.3. The average molecular weight is 195 g/mol. The molecule has 1 amide bonds. The van der Waals surface area contributed by atoms with Crippen LogP contribution in [0.4, 0.5) is 0 Å². The summed E-state index contributed by atoms with van der Waals surface area (Å²) in [6, 6.07) is 0.120. The first-order valence-electron chi connectivity index (χ1n) is 5.44. The number of hydrogen-bond acceptors (Lipinski definition) is 2. The third-order valence-electron chi connectivity index (χ3n) is 3.79. The van der Waals surface area contributed by atoms with Gasteiger partial charge < -0.3 is 5.32 Å². The first-order valence-corrected chi connectivity index (χ1v) is 5.44. The standard InChI is InChI=1S/C11H17NO2/c1-3-7-4-8-5-9(6(2)13)10(7)12-11(8)14/h7-10H,3-5H2,1-2H3,(H,12,14). The van der Waals surface area contributed by atoms with E-state index in [9.17, 15) is 9.59 Å². The minimum Gasteiger partial charge on any atom is -0.352 e. The van der Waals surface area contributed by atoms with Crippen LogP contribution in [0.25, 0.3) is 0 Å². The molecule has 4 atom stereocenters. The van der Waals surface area contributed by atoms with Crippen LogP contribution >= 0.6 is 0 Å². The number of piperidine rings is 2. The van der Waals surface area contributed by atoms with E-state index in [0.717, 1.165) is 19.3 Å². The van der Waals surface area contributed by atoms with Gasteiger partial charge in [-0.2, -0.15) is 0 Å². The maximum absolute atomic E-state index is 11.5. The van der Waals surface area contributed by atoms with Crippen molar-refractivity contribution in [3.63, 3.8) is 0 Å². The molecule has 0 aromatic rings. The second-order valence-electron chi connectivity index (χ2n) is 4.59. The summed E-state index contributed by atoms with van der Waals surface area (Å²) in [5.74, 6) is 1.09. The molecule has 0 aromatic heterocycles. The van der Waals surface area contributed by atoms with Gasteiger partial charge >= 0.3 is 0 Å². The van der Waals surface area contributed by atoms with Crippen molar-refractivity contribution in [2.45, 2.75) is 39.2 Å². The molecule has 3 aliphatic rings. The first-order chi connectivity index (χ1) is 6.63. The topological polar surface area (TPSA) is 46.2 Å². The van der Waals surface area contributed by atoms with Crippen molar-refractivity contribution in [2.75, 3.05) is 0 Å². The molecule has 2 saturated heterocycles. The predicted octanol–water partition coefficient (Wildman–Crippen LogP) is 1.13. The largest absolute Gasteiger partial charge is 0.352 e. The molecular weight excluding hydrogens is 178 g/mol. The Morgan fingerprint density at radius 2 is 2.21 bits per heavy atom.